The number of hydrogen-bond acceptors (Lipinski definition) is 0. The van der Waals surface area contributed by atoms with Gasteiger partial charge in [-0.2, -0.15) is 0 Å². The van der Waals surface area contributed by atoms with E-state index >= 15 is 0 Å². The van der Waals surface area contributed by atoms with E-state index in [9.17, 15) is 0 Å². The lowest BCUT2D eigenvalue weighted by Crippen LogP contribution is -2.33. The minimum atomic E-state index is 0.527. The summed E-state index contributed by atoms with van der Waals surface area (Å²) in [5.41, 5.74) is 0.527. The van der Waals surface area contributed by atoms with Crippen LogP contribution in [0.2, 0.25) is 0 Å². The largest absolute Gasteiger partial charge is 0.126 e. The maximum atomic E-state index is 6.47. The second-order valence-electron chi connectivity index (χ2n) is 8.36. The molecule has 3 aliphatic rings. The van der Waals surface area contributed by atoms with E-state index in [0.717, 1.165) is 29.6 Å². The molecular weight excluding hydrogens is 264 g/mol. The van der Waals surface area contributed by atoms with Crippen LogP contribution in [0.25, 0.3) is 0 Å². The van der Waals surface area contributed by atoms with Crippen LogP contribution >= 0.6 is 11.6 Å². The van der Waals surface area contributed by atoms with Crippen LogP contribution in [0.1, 0.15) is 84.0 Å². The molecule has 0 aliphatic heterocycles. The molecule has 3 aliphatic carbocycles. The fourth-order valence-corrected chi connectivity index (χ4v) is 6.02. The Morgan fingerprint density at radius 3 is 2.40 bits per heavy atom. The van der Waals surface area contributed by atoms with Crippen molar-refractivity contribution in [2.45, 2.75) is 84.0 Å². The zero-order valence-electron chi connectivity index (χ0n) is 13.4. The molecule has 0 spiro atoms. The average Bonchev–Trinajstić information content (AvgIpc) is 3.09. The van der Waals surface area contributed by atoms with E-state index < -0.39 is 0 Å². The summed E-state index contributed by atoms with van der Waals surface area (Å²) in [5.74, 6) is 5.17. The Balaban J connectivity index is 1.51. The first-order valence-corrected chi connectivity index (χ1v) is 9.84. The molecule has 0 aromatic rings. The smallest absolute Gasteiger partial charge is 0.0280 e. The van der Waals surface area contributed by atoms with Crippen LogP contribution in [0, 0.1) is 29.1 Å². The summed E-state index contributed by atoms with van der Waals surface area (Å²) in [6.07, 6.45) is 17.7. The van der Waals surface area contributed by atoms with Crippen molar-refractivity contribution in [1.82, 2.24) is 0 Å². The Hall–Kier alpha value is 0.290. The molecule has 1 heteroatoms. The second-order valence-corrected chi connectivity index (χ2v) is 8.63. The highest BCUT2D eigenvalue weighted by molar-refractivity contribution is 6.18. The van der Waals surface area contributed by atoms with Gasteiger partial charge in [0.2, 0.25) is 0 Å². The number of rotatable bonds is 6. The van der Waals surface area contributed by atoms with E-state index in [1.165, 1.54) is 64.2 Å². The fraction of sp³-hybridized carbons (Fsp3) is 1.00. The highest BCUT2D eigenvalue weighted by Gasteiger charge is 2.44. The van der Waals surface area contributed by atoms with Crippen LogP contribution in [0.15, 0.2) is 0 Å². The lowest BCUT2D eigenvalue weighted by molar-refractivity contribution is 0.113. The predicted octanol–water partition coefficient (Wildman–Crippen LogP) is 6.42. The molecule has 0 N–H and O–H groups in total. The molecule has 2 bridgehead atoms. The highest BCUT2D eigenvalue weighted by Crippen LogP contribution is 2.55. The van der Waals surface area contributed by atoms with Gasteiger partial charge in [0.25, 0.3) is 0 Å². The van der Waals surface area contributed by atoms with Crippen molar-refractivity contribution in [3.05, 3.63) is 0 Å². The van der Waals surface area contributed by atoms with Crippen molar-refractivity contribution in [2.75, 3.05) is 5.88 Å². The van der Waals surface area contributed by atoms with Gasteiger partial charge in [0.15, 0.2) is 0 Å². The molecule has 0 saturated heterocycles. The zero-order chi connectivity index (χ0) is 14.0. The molecule has 0 amide bonds. The van der Waals surface area contributed by atoms with Crippen LogP contribution in [-0.2, 0) is 0 Å². The van der Waals surface area contributed by atoms with Gasteiger partial charge in [-0.25, -0.2) is 0 Å². The van der Waals surface area contributed by atoms with Crippen molar-refractivity contribution in [3.63, 3.8) is 0 Å². The van der Waals surface area contributed by atoms with Crippen molar-refractivity contribution < 1.29 is 0 Å². The summed E-state index contributed by atoms with van der Waals surface area (Å²) in [4.78, 5) is 0. The minimum absolute atomic E-state index is 0.527. The molecule has 0 aromatic carbocycles. The third-order valence-corrected chi connectivity index (χ3v) is 7.56. The van der Waals surface area contributed by atoms with E-state index in [2.05, 4.69) is 6.92 Å². The molecule has 3 atom stereocenters. The molecule has 0 radical (unpaired) electrons. The molecule has 0 nitrogen and oxygen atoms in total. The van der Waals surface area contributed by atoms with Gasteiger partial charge >= 0.3 is 0 Å². The quantitative estimate of drug-likeness (QED) is 0.496. The Kier molecular flexibility index (Phi) is 5.01. The Morgan fingerprint density at radius 1 is 1.05 bits per heavy atom. The number of halogens is 1. The van der Waals surface area contributed by atoms with Gasteiger partial charge in [0.05, 0.1) is 0 Å². The van der Waals surface area contributed by atoms with Crippen molar-refractivity contribution in [2.24, 2.45) is 29.1 Å². The molecule has 3 rings (SSSR count). The predicted molar refractivity (Wildman–Crippen MR) is 88.2 cm³/mol. The zero-order valence-corrected chi connectivity index (χ0v) is 14.1. The highest BCUT2D eigenvalue weighted by atomic mass is 35.5. The second kappa shape index (κ2) is 6.59. The van der Waals surface area contributed by atoms with Crippen LogP contribution < -0.4 is 0 Å². The van der Waals surface area contributed by atoms with Gasteiger partial charge in [-0.1, -0.05) is 32.6 Å². The number of hydrogen-bond donors (Lipinski definition) is 0. The van der Waals surface area contributed by atoms with Crippen molar-refractivity contribution in [1.29, 1.82) is 0 Å². The molecule has 116 valence electrons. The van der Waals surface area contributed by atoms with E-state index in [0.29, 0.717) is 5.41 Å². The monoisotopic (exact) mass is 296 g/mol. The topological polar surface area (TPSA) is 0 Å². The average molecular weight is 297 g/mol. The summed E-state index contributed by atoms with van der Waals surface area (Å²) in [6, 6.07) is 0. The molecule has 3 fully saturated rings. The van der Waals surface area contributed by atoms with Crippen molar-refractivity contribution >= 4 is 11.6 Å². The first-order chi connectivity index (χ1) is 9.74. The van der Waals surface area contributed by atoms with Crippen molar-refractivity contribution in [3.8, 4) is 0 Å². The molecule has 20 heavy (non-hydrogen) atoms. The lowest BCUT2D eigenvalue weighted by Gasteiger charge is -2.42. The maximum absolute atomic E-state index is 6.47. The Morgan fingerprint density at radius 2 is 1.85 bits per heavy atom. The van der Waals surface area contributed by atoms with Crippen LogP contribution in [0.3, 0.4) is 0 Å². The standard InChI is InChI=1S/C19H33Cl/c1-2-3-4-15-7-9-19(14-20,10-8-15)13-18-12-16-5-6-17(18)11-16/h15-18H,2-14H2,1H3. The molecule has 3 unspecified atom stereocenters. The number of alkyl halides is 1. The lowest BCUT2D eigenvalue weighted by atomic mass is 9.65. The SMILES string of the molecule is CCCCC1CCC(CCl)(CC2CC3CCC2C3)CC1. The number of fused-ring (bicyclic) bond motifs is 2. The van der Waals surface area contributed by atoms with Crippen LogP contribution in [-0.4, -0.2) is 5.88 Å². The molecule has 0 aromatic heterocycles. The molecule has 3 saturated carbocycles. The maximum Gasteiger partial charge on any atom is 0.0280 e. The Labute approximate surface area is 131 Å². The summed E-state index contributed by atoms with van der Waals surface area (Å²) in [7, 11) is 0. The third-order valence-electron chi connectivity index (χ3n) is 6.99. The normalized spacial score (nSPS) is 44.1. The van der Waals surface area contributed by atoms with E-state index in [1.807, 2.05) is 0 Å². The van der Waals surface area contributed by atoms with Gasteiger partial charge < -0.3 is 0 Å². The summed E-state index contributed by atoms with van der Waals surface area (Å²) >= 11 is 6.47. The summed E-state index contributed by atoms with van der Waals surface area (Å²) in [5, 5.41) is 0. The summed E-state index contributed by atoms with van der Waals surface area (Å²) < 4.78 is 0. The van der Waals surface area contributed by atoms with Gasteiger partial charge in [-0.05, 0) is 80.5 Å². The van der Waals surface area contributed by atoms with E-state index in [1.54, 1.807) is 12.8 Å². The molecular formula is C19H33Cl. The van der Waals surface area contributed by atoms with Gasteiger partial charge in [0.1, 0.15) is 0 Å². The first kappa shape index (κ1) is 15.2. The number of unbranched alkanes of at least 4 members (excludes halogenated alkanes) is 1. The third kappa shape index (κ3) is 3.21. The van der Waals surface area contributed by atoms with Gasteiger partial charge in [0, 0.05) is 5.88 Å². The first-order valence-electron chi connectivity index (χ1n) is 9.30. The fourth-order valence-electron chi connectivity index (χ4n) is 5.65. The van der Waals surface area contributed by atoms with Crippen LogP contribution in [0.5, 0.6) is 0 Å². The van der Waals surface area contributed by atoms with Crippen LogP contribution in [0.4, 0.5) is 0 Å². The van der Waals surface area contributed by atoms with Gasteiger partial charge in [-0.15, -0.1) is 11.6 Å². The minimum Gasteiger partial charge on any atom is -0.126 e. The Bertz CT molecular complexity index is 303. The summed E-state index contributed by atoms with van der Waals surface area (Å²) in [6.45, 7) is 2.32. The van der Waals surface area contributed by atoms with E-state index in [4.69, 9.17) is 11.6 Å². The van der Waals surface area contributed by atoms with Gasteiger partial charge in [-0.3, -0.25) is 0 Å². The van der Waals surface area contributed by atoms with E-state index in [-0.39, 0.29) is 0 Å². The molecule has 0 heterocycles.